The highest BCUT2D eigenvalue weighted by Gasteiger charge is 2.15. The van der Waals surface area contributed by atoms with E-state index < -0.39 is 0 Å². The molecule has 0 saturated carbocycles. The minimum Gasteiger partial charge on any atom is -0.494 e. The van der Waals surface area contributed by atoms with Gasteiger partial charge in [-0.1, -0.05) is 0 Å². The van der Waals surface area contributed by atoms with Crippen molar-refractivity contribution < 1.29 is 13.9 Å². The molecule has 0 amide bonds. The van der Waals surface area contributed by atoms with E-state index in [9.17, 15) is 4.39 Å². The van der Waals surface area contributed by atoms with Gasteiger partial charge >= 0.3 is 0 Å². The highest BCUT2D eigenvalue weighted by Crippen LogP contribution is 2.24. The maximum Gasteiger partial charge on any atom is 0.168 e. The fourth-order valence-corrected chi connectivity index (χ4v) is 1.83. The van der Waals surface area contributed by atoms with Crippen molar-refractivity contribution in [3.05, 3.63) is 24.0 Å². The van der Waals surface area contributed by atoms with Gasteiger partial charge in [-0.15, -0.1) is 0 Å². The third-order valence-electron chi connectivity index (χ3n) is 2.71. The third-order valence-corrected chi connectivity index (χ3v) is 2.71. The summed E-state index contributed by atoms with van der Waals surface area (Å²) >= 11 is 0. The molecule has 0 atom stereocenters. The zero-order valence-corrected chi connectivity index (χ0v) is 9.33. The van der Waals surface area contributed by atoms with Crippen LogP contribution in [-0.2, 0) is 0 Å². The number of halogens is 1. The van der Waals surface area contributed by atoms with E-state index in [0.29, 0.717) is 5.75 Å². The Morgan fingerprint density at radius 2 is 2.06 bits per heavy atom. The van der Waals surface area contributed by atoms with E-state index in [2.05, 4.69) is 5.32 Å². The van der Waals surface area contributed by atoms with Gasteiger partial charge in [0, 0.05) is 6.07 Å². The fraction of sp³-hybridized carbons (Fsp3) is 0.500. The lowest BCUT2D eigenvalue weighted by molar-refractivity contribution is 0.161. The lowest BCUT2D eigenvalue weighted by Crippen LogP contribution is -2.34. The van der Waals surface area contributed by atoms with Gasteiger partial charge < -0.3 is 14.8 Å². The van der Waals surface area contributed by atoms with Gasteiger partial charge in [0.2, 0.25) is 0 Å². The lowest BCUT2D eigenvalue weighted by Gasteiger charge is -2.23. The molecule has 1 aliphatic rings. The Balaban J connectivity index is 2.01. The molecule has 88 valence electrons. The predicted octanol–water partition coefficient (Wildman–Crippen LogP) is 1.97. The molecule has 0 bridgehead atoms. The van der Waals surface area contributed by atoms with Gasteiger partial charge in [-0.3, -0.25) is 0 Å². The topological polar surface area (TPSA) is 30.5 Å². The number of methoxy groups -OCH3 is 1. The van der Waals surface area contributed by atoms with Crippen LogP contribution in [0.5, 0.6) is 11.5 Å². The Kier molecular flexibility index (Phi) is 3.62. The summed E-state index contributed by atoms with van der Waals surface area (Å²) in [7, 11) is 1.45. The van der Waals surface area contributed by atoms with Gasteiger partial charge in [-0.25, -0.2) is 4.39 Å². The summed E-state index contributed by atoms with van der Waals surface area (Å²) in [5.74, 6) is 0.441. The van der Waals surface area contributed by atoms with Gasteiger partial charge in [-0.2, -0.15) is 0 Å². The Bertz CT molecular complexity index is 351. The van der Waals surface area contributed by atoms with Crippen LogP contribution < -0.4 is 14.8 Å². The first-order valence-corrected chi connectivity index (χ1v) is 5.50. The number of rotatable bonds is 3. The summed E-state index contributed by atoms with van der Waals surface area (Å²) in [6, 6.07) is 4.70. The molecule has 0 radical (unpaired) electrons. The molecule has 1 aromatic carbocycles. The molecular formula is C12H16FNO2. The Labute approximate surface area is 94.6 Å². The summed E-state index contributed by atoms with van der Waals surface area (Å²) in [6.07, 6.45) is 2.12. The smallest absolute Gasteiger partial charge is 0.168 e. The average Bonchev–Trinajstić information content (AvgIpc) is 2.31. The first kappa shape index (κ1) is 11.2. The summed E-state index contributed by atoms with van der Waals surface area (Å²) < 4.78 is 23.9. The largest absolute Gasteiger partial charge is 0.494 e. The Hall–Kier alpha value is -1.29. The normalized spacial score (nSPS) is 17.1. The molecule has 16 heavy (non-hydrogen) atoms. The summed E-state index contributed by atoms with van der Waals surface area (Å²) in [4.78, 5) is 0. The van der Waals surface area contributed by atoms with Gasteiger partial charge in [0.25, 0.3) is 0 Å². The Morgan fingerprint density at radius 3 is 2.69 bits per heavy atom. The highest BCUT2D eigenvalue weighted by molar-refractivity contribution is 5.33. The fourth-order valence-electron chi connectivity index (χ4n) is 1.83. The molecule has 0 aliphatic carbocycles. The number of nitrogens with one attached hydrogen (secondary N) is 1. The van der Waals surface area contributed by atoms with E-state index >= 15 is 0 Å². The van der Waals surface area contributed by atoms with Crippen LogP contribution in [0.1, 0.15) is 12.8 Å². The van der Waals surface area contributed by atoms with Crippen LogP contribution in [0.4, 0.5) is 4.39 Å². The summed E-state index contributed by atoms with van der Waals surface area (Å²) in [5.41, 5.74) is 0. The first-order chi connectivity index (χ1) is 7.79. The van der Waals surface area contributed by atoms with Crippen molar-refractivity contribution in [3.8, 4) is 11.5 Å². The number of ether oxygens (including phenoxy) is 2. The highest BCUT2D eigenvalue weighted by atomic mass is 19.1. The molecule has 3 nitrogen and oxygen atoms in total. The van der Waals surface area contributed by atoms with Gasteiger partial charge in [-0.05, 0) is 38.1 Å². The van der Waals surface area contributed by atoms with Crippen LogP contribution in [0.25, 0.3) is 0 Å². The quantitative estimate of drug-likeness (QED) is 0.853. The van der Waals surface area contributed by atoms with Crippen LogP contribution >= 0.6 is 0 Å². The van der Waals surface area contributed by atoms with Crippen molar-refractivity contribution in [2.24, 2.45) is 0 Å². The molecule has 1 fully saturated rings. The molecule has 2 rings (SSSR count). The molecule has 1 N–H and O–H groups in total. The van der Waals surface area contributed by atoms with Crippen molar-refractivity contribution in [2.75, 3.05) is 20.2 Å². The standard InChI is InChI=1S/C12H16FNO2/c1-15-12-3-2-10(8-11(12)13)16-9-4-6-14-7-5-9/h2-3,8-9,14H,4-7H2,1H3. The maximum atomic E-state index is 13.4. The average molecular weight is 225 g/mol. The van der Waals surface area contributed by atoms with Gasteiger partial charge in [0.05, 0.1) is 7.11 Å². The number of hydrogen-bond donors (Lipinski definition) is 1. The van der Waals surface area contributed by atoms with E-state index in [1.165, 1.54) is 13.2 Å². The van der Waals surface area contributed by atoms with Crippen molar-refractivity contribution in [2.45, 2.75) is 18.9 Å². The van der Waals surface area contributed by atoms with Crippen LogP contribution in [0, 0.1) is 5.82 Å². The van der Waals surface area contributed by atoms with E-state index in [0.717, 1.165) is 25.9 Å². The van der Waals surface area contributed by atoms with Crippen LogP contribution in [0.2, 0.25) is 0 Å². The van der Waals surface area contributed by atoms with E-state index in [1.807, 2.05) is 0 Å². The van der Waals surface area contributed by atoms with E-state index in [-0.39, 0.29) is 17.7 Å². The number of benzene rings is 1. The molecule has 0 spiro atoms. The van der Waals surface area contributed by atoms with Crippen LogP contribution in [-0.4, -0.2) is 26.3 Å². The van der Waals surface area contributed by atoms with E-state index in [4.69, 9.17) is 9.47 Å². The second-order valence-corrected chi connectivity index (χ2v) is 3.86. The molecule has 0 unspecified atom stereocenters. The van der Waals surface area contributed by atoms with Crippen LogP contribution in [0.15, 0.2) is 18.2 Å². The Morgan fingerprint density at radius 1 is 1.31 bits per heavy atom. The molecule has 1 aromatic rings. The first-order valence-electron chi connectivity index (χ1n) is 5.50. The zero-order valence-electron chi connectivity index (χ0n) is 9.33. The second kappa shape index (κ2) is 5.16. The number of piperidine rings is 1. The number of hydrogen-bond acceptors (Lipinski definition) is 3. The molecule has 0 aromatic heterocycles. The summed E-state index contributed by atoms with van der Waals surface area (Å²) in [5, 5.41) is 3.26. The lowest BCUT2D eigenvalue weighted by atomic mass is 10.1. The molecule has 1 heterocycles. The molecule has 1 aliphatic heterocycles. The molecule has 1 saturated heterocycles. The zero-order chi connectivity index (χ0) is 11.4. The second-order valence-electron chi connectivity index (χ2n) is 3.86. The van der Waals surface area contributed by atoms with E-state index in [1.54, 1.807) is 12.1 Å². The SMILES string of the molecule is COc1ccc(OC2CCNCC2)cc1F. The molecule has 4 heteroatoms. The predicted molar refractivity (Wildman–Crippen MR) is 59.5 cm³/mol. The van der Waals surface area contributed by atoms with Crippen molar-refractivity contribution in [3.63, 3.8) is 0 Å². The van der Waals surface area contributed by atoms with Gasteiger partial charge in [0.1, 0.15) is 11.9 Å². The summed E-state index contributed by atoms with van der Waals surface area (Å²) in [6.45, 7) is 1.92. The minimum atomic E-state index is -0.381. The van der Waals surface area contributed by atoms with Gasteiger partial charge in [0.15, 0.2) is 11.6 Å². The van der Waals surface area contributed by atoms with Crippen molar-refractivity contribution in [1.29, 1.82) is 0 Å². The maximum absolute atomic E-state index is 13.4. The van der Waals surface area contributed by atoms with Crippen molar-refractivity contribution >= 4 is 0 Å². The third kappa shape index (κ3) is 2.64. The van der Waals surface area contributed by atoms with Crippen molar-refractivity contribution in [1.82, 2.24) is 5.32 Å². The van der Waals surface area contributed by atoms with Crippen LogP contribution in [0.3, 0.4) is 0 Å². The molecular weight excluding hydrogens is 209 g/mol. The minimum absolute atomic E-state index is 0.189. The monoisotopic (exact) mass is 225 g/mol.